The van der Waals surface area contributed by atoms with E-state index in [2.05, 4.69) is 36.7 Å². The summed E-state index contributed by atoms with van der Waals surface area (Å²) in [5, 5.41) is 5.90. The van der Waals surface area contributed by atoms with Crippen molar-refractivity contribution in [2.24, 2.45) is 17.8 Å². The van der Waals surface area contributed by atoms with Crippen LogP contribution in [0, 0.1) is 17.8 Å². The average Bonchev–Trinajstić information content (AvgIpc) is 3.18. The molecule has 0 amide bonds. The maximum absolute atomic E-state index is 3.65. The molecule has 2 aliphatic rings. The van der Waals surface area contributed by atoms with Crippen molar-refractivity contribution >= 4 is 11.3 Å². The summed E-state index contributed by atoms with van der Waals surface area (Å²) in [7, 11) is 0. The molecule has 0 aliphatic heterocycles. The summed E-state index contributed by atoms with van der Waals surface area (Å²) in [4.78, 5) is 1.66. The number of hydrogen-bond acceptors (Lipinski definition) is 2. The maximum Gasteiger partial charge on any atom is 0.0119 e. The van der Waals surface area contributed by atoms with Crippen LogP contribution in [0.4, 0.5) is 0 Å². The van der Waals surface area contributed by atoms with Crippen LogP contribution >= 0.6 is 11.3 Å². The molecular formula is C15H23NS. The van der Waals surface area contributed by atoms with E-state index >= 15 is 0 Å². The first kappa shape index (κ1) is 11.7. The molecule has 2 atom stereocenters. The van der Waals surface area contributed by atoms with Gasteiger partial charge >= 0.3 is 0 Å². The minimum atomic E-state index is 0.595. The van der Waals surface area contributed by atoms with Crippen molar-refractivity contribution in [1.82, 2.24) is 5.32 Å². The zero-order chi connectivity index (χ0) is 11.9. The predicted octanol–water partition coefficient (Wildman–Crippen LogP) is 3.66. The van der Waals surface area contributed by atoms with E-state index in [1.807, 2.05) is 11.3 Å². The molecule has 94 valence electrons. The van der Waals surface area contributed by atoms with Crippen LogP contribution in [-0.4, -0.2) is 13.1 Å². The van der Waals surface area contributed by atoms with E-state index in [0.717, 1.165) is 17.8 Å². The fraction of sp³-hybridized carbons (Fsp3) is 0.733. The van der Waals surface area contributed by atoms with E-state index in [-0.39, 0.29) is 0 Å². The summed E-state index contributed by atoms with van der Waals surface area (Å²) < 4.78 is 0. The smallest absolute Gasteiger partial charge is 0.0119 e. The first-order valence-electron chi connectivity index (χ1n) is 6.98. The van der Waals surface area contributed by atoms with Gasteiger partial charge in [0.05, 0.1) is 0 Å². The largest absolute Gasteiger partial charge is 0.316 e. The molecule has 2 saturated carbocycles. The minimum Gasteiger partial charge on any atom is -0.316 e. The van der Waals surface area contributed by atoms with E-state index in [1.165, 1.54) is 32.4 Å². The zero-order valence-electron chi connectivity index (χ0n) is 10.9. The molecule has 0 spiro atoms. The van der Waals surface area contributed by atoms with Gasteiger partial charge in [0.25, 0.3) is 0 Å². The highest BCUT2D eigenvalue weighted by Gasteiger charge is 2.62. The molecule has 1 aromatic rings. The third-order valence-electron chi connectivity index (χ3n) is 4.38. The third kappa shape index (κ3) is 2.17. The minimum absolute atomic E-state index is 0.595. The Hall–Kier alpha value is -0.340. The highest BCUT2D eigenvalue weighted by atomic mass is 32.1. The molecule has 2 heteroatoms. The van der Waals surface area contributed by atoms with Crippen molar-refractivity contribution in [1.29, 1.82) is 0 Å². The number of nitrogens with one attached hydrogen (secondary N) is 1. The standard InChI is InChI=1S/C15H23NS/c1-11(2)9-16-10-13-8-15(13,12-5-6-12)14-4-3-7-17-14/h3-4,7,11-13,16H,5-6,8-10H2,1-2H3. The molecule has 1 heterocycles. The summed E-state index contributed by atoms with van der Waals surface area (Å²) >= 11 is 1.98. The van der Waals surface area contributed by atoms with E-state index in [4.69, 9.17) is 0 Å². The van der Waals surface area contributed by atoms with Crippen molar-refractivity contribution in [2.75, 3.05) is 13.1 Å². The maximum atomic E-state index is 3.65. The molecule has 1 nitrogen and oxygen atoms in total. The van der Waals surface area contributed by atoms with Gasteiger partial charge in [-0.05, 0) is 61.6 Å². The van der Waals surface area contributed by atoms with Crippen LogP contribution in [-0.2, 0) is 5.41 Å². The lowest BCUT2D eigenvalue weighted by atomic mass is 9.95. The highest BCUT2D eigenvalue weighted by Crippen LogP contribution is 2.66. The van der Waals surface area contributed by atoms with Crippen LogP contribution in [0.25, 0.3) is 0 Å². The molecule has 0 aromatic carbocycles. The van der Waals surface area contributed by atoms with Crippen LogP contribution < -0.4 is 5.32 Å². The fourth-order valence-electron chi connectivity index (χ4n) is 3.29. The fourth-order valence-corrected chi connectivity index (χ4v) is 4.39. The second-order valence-corrected chi connectivity index (χ2v) is 7.19. The molecule has 2 aliphatic carbocycles. The topological polar surface area (TPSA) is 12.0 Å². The van der Waals surface area contributed by atoms with Crippen molar-refractivity contribution < 1.29 is 0 Å². The molecule has 0 radical (unpaired) electrons. The first-order valence-corrected chi connectivity index (χ1v) is 7.86. The Bertz CT molecular complexity index is 366. The molecule has 3 rings (SSSR count). The number of hydrogen-bond donors (Lipinski definition) is 1. The van der Waals surface area contributed by atoms with Crippen LogP contribution in [0.1, 0.15) is 38.0 Å². The van der Waals surface area contributed by atoms with Gasteiger partial charge < -0.3 is 5.32 Å². The molecule has 0 bridgehead atoms. The number of thiophene rings is 1. The van der Waals surface area contributed by atoms with Crippen LogP contribution in [0.15, 0.2) is 17.5 Å². The van der Waals surface area contributed by atoms with E-state index < -0.39 is 0 Å². The average molecular weight is 249 g/mol. The van der Waals surface area contributed by atoms with Crippen molar-refractivity contribution in [2.45, 2.75) is 38.5 Å². The Morgan fingerprint density at radius 3 is 2.88 bits per heavy atom. The van der Waals surface area contributed by atoms with Gasteiger partial charge in [0.1, 0.15) is 0 Å². The lowest BCUT2D eigenvalue weighted by Gasteiger charge is -2.16. The molecule has 2 fully saturated rings. The molecule has 17 heavy (non-hydrogen) atoms. The summed E-state index contributed by atoms with van der Waals surface area (Å²) in [6.45, 7) is 6.97. The second-order valence-electron chi connectivity index (χ2n) is 6.25. The summed E-state index contributed by atoms with van der Waals surface area (Å²) in [6.07, 6.45) is 4.38. The molecular weight excluding hydrogens is 226 g/mol. The Morgan fingerprint density at radius 1 is 1.47 bits per heavy atom. The van der Waals surface area contributed by atoms with Crippen LogP contribution in [0.5, 0.6) is 0 Å². The van der Waals surface area contributed by atoms with Gasteiger partial charge in [0, 0.05) is 10.3 Å². The normalized spacial score (nSPS) is 32.1. The van der Waals surface area contributed by atoms with E-state index in [9.17, 15) is 0 Å². The quantitative estimate of drug-likeness (QED) is 0.811. The van der Waals surface area contributed by atoms with Crippen LogP contribution in [0.2, 0.25) is 0 Å². The Labute approximate surface area is 109 Å². The van der Waals surface area contributed by atoms with E-state index in [0.29, 0.717) is 5.41 Å². The van der Waals surface area contributed by atoms with Gasteiger partial charge in [0.15, 0.2) is 0 Å². The monoisotopic (exact) mass is 249 g/mol. The van der Waals surface area contributed by atoms with E-state index in [1.54, 1.807) is 4.88 Å². The van der Waals surface area contributed by atoms with Crippen molar-refractivity contribution in [3.8, 4) is 0 Å². The Balaban J connectivity index is 1.61. The van der Waals surface area contributed by atoms with Gasteiger partial charge in [-0.1, -0.05) is 19.9 Å². The third-order valence-corrected chi connectivity index (χ3v) is 5.44. The van der Waals surface area contributed by atoms with Gasteiger partial charge in [-0.25, -0.2) is 0 Å². The van der Waals surface area contributed by atoms with Crippen LogP contribution in [0.3, 0.4) is 0 Å². The predicted molar refractivity (Wildman–Crippen MR) is 74.5 cm³/mol. The molecule has 0 saturated heterocycles. The van der Waals surface area contributed by atoms with Gasteiger partial charge in [0.2, 0.25) is 0 Å². The van der Waals surface area contributed by atoms with Crippen molar-refractivity contribution in [3.63, 3.8) is 0 Å². The Kier molecular flexibility index (Phi) is 3.04. The summed E-state index contributed by atoms with van der Waals surface area (Å²) in [5.41, 5.74) is 0.595. The SMILES string of the molecule is CC(C)CNCC1CC1(c1cccs1)C1CC1. The van der Waals surface area contributed by atoms with Gasteiger partial charge in [-0.15, -0.1) is 11.3 Å². The highest BCUT2D eigenvalue weighted by molar-refractivity contribution is 7.10. The Morgan fingerprint density at radius 2 is 2.29 bits per heavy atom. The number of rotatable bonds is 6. The molecule has 2 unspecified atom stereocenters. The molecule has 1 N–H and O–H groups in total. The van der Waals surface area contributed by atoms with Gasteiger partial charge in [-0.2, -0.15) is 0 Å². The summed E-state index contributed by atoms with van der Waals surface area (Å²) in [6, 6.07) is 4.59. The first-order chi connectivity index (χ1) is 8.23. The lowest BCUT2D eigenvalue weighted by Crippen LogP contribution is -2.25. The summed E-state index contributed by atoms with van der Waals surface area (Å²) in [5.74, 6) is 2.69. The van der Waals surface area contributed by atoms with Crippen molar-refractivity contribution in [3.05, 3.63) is 22.4 Å². The lowest BCUT2D eigenvalue weighted by molar-refractivity contribution is 0.484. The zero-order valence-corrected chi connectivity index (χ0v) is 11.7. The molecule has 1 aromatic heterocycles. The van der Waals surface area contributed by atoms with Gasteiger partial charge in [-0.3, -0.25) is 0 Å². The second kappa shape index (κ2) is 4.40.